The molecule has 1 aromatic heterocycles. The van der Waals surface area contributed by atoms with Gasteiger partial charge in [-0.2, -0.15) is 0 Å². The van der Waals surface area contributed by atoms with Gasteiger partial charge in [0.05, 0.1) is 12.7 Å². The molecule has 0 bridgehead atoms. The minimum Gasteiger partial charge on any atom is -0.382 e. The second-order valence-corrected chi connectivity index (χ2v) is 2.82. The summed E-state index contributed by atoms with van der Waals surface area (Å²) in [5.41, 5.74) is 5.52. The highest BCUT2D eigenvalue weighted by Gasteiger charge is 2.16. The largest absolute Gasteiger partial charge is 0.382 e. The summed E-state index contributed by atoms with van der Waals surface area (Å²) in [5, 5.41) is 8.00. The van der Waals surface area contributed by atoms with Gasteiger partial charge in [0.2, 0.25) is 0 Å². The average Bonchev–Trinajstić information content (AvgIpc) is 2.19. The summed E-state index contributed by atoms with van der Waals surface area (Å²) in [7, 11) is 2.82. The molecular weight excluding hydrogens is 208 g/mol. The number of carbonyl (C=O) groups is 1. The molecule has 14 heavy (non-hydrogen) atoms. The molecule has 0 aliphatic carbocycles. The van der Waals surface area contributed by atoms with Crippen LogP contribution in [0.1, 0.15) is 10.4 Å². The monoisotopic (exact) mass is 216 g/mol. The van der Waals surface area contributed by atoms with Crippen molar-refractivity contribution >= 4 is 23.3 Å². The third-order valence-electron chi connectivity index (χ3n) is 1.56. The molecule has 0 atom stereocenters. The lowest BCUT2D eigenvalue weighted by Gasteiger charge is -2.13. The van der Waals surface area contributed by atoms with E-state index in [4.69, 9.17) is 22.2 Å². The second-order valence-electron chi connectivity index (χ2n) is 2.46. The van der Waals surface area contributed by atoms with Crippen LogP contribution in [0.4, 0.5) is 5.82 Å². The van der Waals surface area contributed by atoms with E-state index in [1.807, 2.05) is 0 Å². The van der Waals surface area contributed by atoms with Crippen LogP contribution in [0.2, 0.25) is 5.15 Å². The van der Waals surface area contributed by atoms with Crippen molar-refractivity contribution in [2.75, 3.05) is 19.9 Å². The molecule has 76 valence electrons. The lowest BCUT2D eigenvalue weighted by Crippen LogP contribution is -2.26. The van der Waals surface area contributed by atoms with Crippen LogP contribution in [-0.4, -0.2) is 35.3 Å². The quantitative estimate of drug-likeness (QED) is 0.722. The summed E-state index contributed by atoms with van der Waals surface area (Å²) in [5.74, 6) is -0.304. The highest BCUT2D eigenvalue weighted by atomic mass is 35.5. The fourth-order valence-corrected chi connectivity index (χ4v) is 0.968. The topological polar surface area (TPSA) is 81.3 Å². The Kier molecular flexibility index (Phi) is 3.21. The smallest absolute Gasteiger partial charge is 0.280 e. The Bertz CT molecular complexity index is 358. The predicted molar refractivity (Wildman–Crippen MR) is 50.6 cm³/mol. The number of nitrogens with two attached hydrogens (primary N) is 1. The highest BCUT2D eigenvalue weighted by Crippen LogP contribution is 2.15. The van der Waals surface area contributed by atoms with Crippen molar-refractivity contribution in [1.82, 2.24) is 15.3 Å². The van der Waals surface area contributed by atoms with Crippen molar-refractivity contribution in [2.45, 2.75) is 0 Å². The van der Waals surface area contributed by atoms with Crippen molar-refractivity contribution in [3.63, 3.8) is 0 Å². The van der Waals surface area contributed by atoms with Gasteiger partial charge >= 0.3 is 0 Å². The second kappa shape index (κ2) is 4.21. The van der Waals surface area contributed by atoms with E-state index in [0.29, 0.717) is 0 Å². The van der Waals surface area contributed by atoms with Crippen LogP contribution in [-0.2, 0) is 4.84 Å². The first kappa shape index (κ1) is 10.7. The maximum absolute atomic E-state index is 11.5. The first-order chi connectivity index (χ1) is 6.56. The number of rotatable bonds is 2. The zero-order valence-electron chi connectivity index (χ0n) is 7.69. The van der Waals surface area contributed by atoms with Crippen LogP contribution in [0, 0.1) is 0 Å². The molecule has 0 aromatic carbocycles. The molecular formula is C7H9ClN4O2. The van der Waals surface area contributed by atoms with Crippen LogP contribution < -0.4 is 5.73 Å². The minimum absolute atomic E-state index is 0.00639. The summed E-state index contributed by atoms with van der Waals surface area (Å²) < 4.78 is 0. The lowest BCUT2D eigenvalue weighted by molar-refractivity contribution is -0.0757. The average molecular weight is 217 g/mol. The molecule has 1 heterocycles. The SMILES string of the molecule is CON(C)C(=O)c1cc(N)nnc1Cl. The van der Waals surface area contributed by atoms with Crippen LogP contribution in [0.15, 0.2) is 6.07 Å². The van der Waals surface area contributed by atoms with E-state index in [1.165, 1.54) is 20.2 Å². The molecule has 0 aliphatic heterocycles. The Morgan fingerprint density at radius 2 is 2.29 bits per heavy atom. The number of hydrogen-bond acceptors (Lipinski definition) is 5. The fourth-order valence-electron chi connectivity index (χ4n) is 0.794. The van der Waals surface area contributed by atoms with Crippen molar-refractivity contribution in [2.24, 2.45) is 0 Å². The van der Waals surface area contributed by atoms with Crippen LogP contribution in [0.3, 0.4) is 0 Å². The zero-order valence-corrected chi connectivity index (χ0v) is 8.45. The van der Waals surface area contributed by atoms with Crippen LogP contribution in [0.25, 0.3) is 0 Å². The summed E-state index contributed by atoms with van der Waals surface area (Å²) in [6, 6.07) is 1.34. The van der Waals surface area contributed by atoms with Crippen molar-refractivity contribution in [1.29, 1.82) is 0 Å². The Morgan fingerprint density at radius 3 is 2.86 bits per heavy atom. The number of nitrogens with zero attached hydrogens (tertiary/aromatic N) is 3. The molecule has 0 saturated carbocycles. The lowest BCUT2D eigenvalue weighted by atomic mass is 10.3. The number of nitrogen functional groups attached to an aromatic ring is 1. The standard InChI is InChI=1S/C7H9ClN4O2/c1-12(14-2)7(13)4-3-5(9)10-11-6(4)8/h3H,1-2H3,(H2,9,10). The van der Waals surface area contributed by atoms with Gasteiger partial charge in [0.25, 0.3) is 5.91 Å². The van der Waals surface area contributed by atoms with E-state index >= 15 is 0 Å². The van der Waals surface area contributed by atoms with Gasteiger partial charge in [-0.15, -0.1) is 10.2 Å². The van der Waals surface area contributed by atoms with E-state index in [0.717, 1.165) is 5.06 Å². The van der Waals surface area contributed by atoms with E-state index in [1.54, 1.807) is 0 Å². The number of amides is 1. The molecule has 0 unspecified atom stereocenters. The summed E-state index contributed by atoms with van der Waals surface area (Å²) in [6.45, 7) is 0. The number of hydrogen-bond donors (Lipinski definition) is 1. The van der Waals surface area contributed by atoms with Gasteiger partial charge in [-0.05, 0) is 6.07 Å². The Hall–Kier alpha value is -1.40. The molecule has 0 spiro atoms. The number of hydroxylamine groups is 2. The van der Waals surface area contributed by atoms with Gasteiger partial charge in [-0.1, -0.05) is 11.6 Å². The van der Waals surface area contributed by atoms with Crippen LogP contribution in [0.5, 0.6) is 0 Å². The maximum Gasteiger partial charge on any atom is 0.280 e. The molecule has 0 fully saturated rings. The summed E-state index contributed by atoms with van der Waals surface area (Å²) in [6.07, 6.45) is 0. The molecule has 1 amide bonds. The van der Waals surface area contributed by atoms with E-state index < -0.39 is 5.91 Å². The zero-order chi connectivity index (χ0) is 10.7. The van der Waals surface area contributed by atoms with Gasteiger partial charge in [-0.3, -0.25) is 9.63 Å². The maximum atomic E-state index is 11.5. The van der Waals surface area contributed by atoms with Crippen molar-refractivity contribution < 1.29 is 9.63 Å². The molecule has 0 aliphatic rings. The molecule has 0 radical (unpaired) electrons. The first-order valence-corrected chi connectivity index (χ1v) is 4.05. The molecule has 2 N–H and O–H groups in total. The minimum atomic E-state index is -0.431. The normalized spacial score (nSPS) is 9.93. The molecule has 1 aromatic rings. The van der Waals surface area contributed by atoms with Crippen molar-refractivity contribution in [3.8, 4) is 0 Å². The third-order valence-corrected chi connectivity index (χ3v) is 1.84. The predicted octanol–water partition coefficient (Wildman–Crippen LogP) is 0.346. The Morgan fingerprint density at radius 1 is 1.64 bits per heavy atom. The fraction of sp³-hybridized carbons (Fsp3) is 0.286. The third kappa shape index (κ3) is 2.09. The number of halogens is 1. The van der Waals surface area contributed by atoms with E-state index in [-0.39, 0.29) is 16.5 Å². The summed E-state index contributed by atoms with van der Waals surface area (Å²) in [4.78, 5) is 16.2. The van der Waals surface area contributed by atoms with Gasteiger partial charge < -0.3 is 5.73 Å². The van der Waals surface area contributed by atoms with E-state index in [2.05, 4.69) is 10.2 Å². The summed E-state index contributed by atoms with van der Waals surface area (Å²) >= 11 is 5.66. The molecule has 0 saturated heterocycles. The van der Waals surface area contributed by atoms with Gasteiger partial charge in [0.15, 0.2) is 5.15 Å². The Balaban J connectivity index is 3.06. The Labute approximate surface area is 85.6 Å². The number of aromatic nitrogens is 2. The number of carbonyl (C=O) groups excluding carboxylic acids is 1. The molecule has 6 nitrogen and oxygen atoms in total. The number of anilines is 1. The molecule has 1 rings (SSSR count). The first-order valence-electron chi connectivity index (χ1n) is 3.67. The van der Waals surface area contributed by atoms with Crippen LogP contribution >= 0.6 is 11.6 Å². The highest BCUT2D eigenvalue weighted by molar-refractivity contribution is 6.32. The molecule has 7 heteroatoms. The van der Waals surface area contributed by atoms with Gasteiger partial charge in [0, 0.05) is 7.05 Å². The van der Waals surface area contributed by atoms with Crippen molar-refractivity contribution in [3.05, 3.63) is 16.8 Å². The van der Waals surface area contributed by atoms with Gasteiger partial charge in [0.1, 0.15) is 5.82 Å². The van der Waals surface area contributed by atoms with E-state index in [9.17, 15) is 4.79 Å². The van der Waals surface area contributed by atoms with Gasteiger partial charge in [-0.25, -0.2) is 5.06 Å².